The lowest BCUT2D eigenvalue weighted by molar-refractivity contribution is 0.00798. The number of piperidine rings is 1. The van der Waals surface area contributed by atoms with Gasteiger partial charge in [-0.15, -0.1) is 11.3 Å². The van der Waals surface area contributed by atoms with Crippen LogP contribution in [0.25, 0.3) is 0 Å². The molecule has 2 aliphatic heterocycles. The molecule has 2 bridgehead atoms. The first-order valence-electron chi connectivity index (χ1n) is 6.03. The summed E-state index contributed by atoms with van der Waals surface area (Å²) in [6.45, 7) is 0. The number of ether oxygens (including phenoxy) is 1. The molecule has 0 saturated carbocycles. The van der Waals surface area contributed by atoms with Crippen molar-refractivity contribution in [3.63, 3.8) is 0 Å². The molecule has 5 heteroatoms. The smallest absolute Gasteiger partial charge is 0.273 e. The molecule has 0 radical (unpaired) electrons. The number of methoxy groups -OCH3 is 1. The summed E-state index contributed by atoms with van der Waals surface area (Å²) in [5, 5.41) is 1.84. The number of fused-ring (bicyclic) bond motifs is 2. The second kappa shape index (κ2) is 4.38. The number of aromatic nitrogens is 1. The van der Waals surface area contributed by atoms with E-state index in [4.69, 9.17) is 4.74 Å². The standard InChI is InChI=1S/C12H16N2O2S/c1-16-10-4-8-2-3-9(5-10)14(8)12(15)11-6-17-7-13-11/h6-10H,2-5H2,1H3/t8-,9+,10?. The van der Waals surface area contributed by atoms with E-state index < -0.39 is 0 Å². The lowest BCUT2D eigenvalue weighted by Crippen LogP contribution is -2.48. The van der Waals surface area contributed by atoms with Gasteiger partial charge in [0.2, 0.25) is 0 Å². The van der Waals surface area contributed by atoms with Crippen LogP contribution in [-0.4, -0.2) is 41.1 Å². The van der Waals surface area contributed by atoms with Gasteiger partial charge in [0.15, 0.2) is 0 Å². The number of amides is 1. The van der Waals surface area contributed by atoms with Crippen LogP contribution < -0.4 is 0 Å². The first-order valence-corrected chi connectivity index (χ1v) is 6.97. The average molecular weight is 252 g/mol. The predicted molar refractivity (Wildman–Crippen MR) is 65.1 cm³/mol. The SMILES string of the molecule is COC1C[C@H]2CC[C@@H](C1)N2C(=O)c1cscn1. The van der Waals surface area contributed by atoms with Gasteiger partial charge in [0.05, 0.1) is 11.6 Å². The fraction of sp³-hybridized carbons (Fsp3) is 0.667. The van der Waals surface area contributed by atoms with Crippen molar-refractivity contribution >= 4 is 17.2 Å². The average Bonchev–Trinajstić information content (AvgIpc) is 2.95. The van der Waals surface area contributed by atoms with Crippen molar-refractivity contribution in [2.45, 2.75) is 43.9 Å². The highest BCUT2D eigenvalue weighted by Gasteiger charge is 2.43. The Balaban J connectivity index is 1.79. The van der Waals surface area contributed by atoms with Gasteiger partial charge in [0, 0.05) is 24.6 Å². The topological polar surface area (TPSA) is 42.4 Å². The Kier molecular flexibility index (Phi) is 2.88. The van der Waals surface area contributed by atoms with Gasteiger partial charge in [0.1, 0.15) is 5.69 Å². The molecule has 3 rings (SSSR count). The Morgan fingerprint density at radius 1 is 1.47 bits per heavy atom. The predicted octanol–water partition coefficient (Wildman–Crippen LogP) is 1.93. The Hall–Kier alpha value is -0.940. The van der Waals surface area contributed by atoms with Crippen LogP contribution in [0.2, 0.25) is 0 Å². The molecule has 0 spiro atoms. The van der Waals surface area contributed by atoms with E-state index in [0.717, 1.165) is 25.7 Å². The lowest BCUT2D eigenvalue weighted by Gasteiger charge is -2.38. The molecule has 1 amide bonds. The van der Waals surface area contributed by atoms with Gasteiger partial charge in [-0.2, -0.15) is 0 Å². The largest absolute Gasteiger partial charge is 0.381 e. The van der Waals surface area contributed by atoms with Crippen LogP contribution in [0.1, 0.15) is 36.2 Å². The lowest BCUT2D eigenvalue weighted by atomic mass is 9.99. The monoisotopic (exact) mass is 252 g/mol. The number of hydrogen-bond donors (Lipinski definition) is 0. The van der Waals surface area contributed by atoms with E-state index in [9.17, 15) is 4.79 Å². The van der Waals surface area contributed by atoms with Crippen molar-refractivity contribution in [2.75, 3.05) is 7.11 Å². The molecular formula is C12H16N2O2S. The van der Waals surface area contributed by atoms with Crippen LogP contribution in [0.15, 0.2) is 10.9 Å². The molecule has 92 valence electrons. The Labute approximate surface area is 105 Å². The molecule has 17 heavy (non-hydrogen) atoms. The minimum absolute atomic E-state index is 0.105. The van der Waals surface area contributed by atoms with E-state index in [1.54, 1.807) is 12.6 Å². The zero-order valence-corrected chi connectivity index (χ0v) is 10.7. The number of carbonyl (C=O) groups excluding carboxylic acids is 1. The van der Waals surface area contributed by atoms with Gasteiger partial charge < -0.3 is 9.64 Å². The normalized spacial score (nSPS) is 31.8. The summed E-state index contributed by atoms with van der Waals surface area (Å²) in [5.41, 5.74) is 2.32. The number of carbonyl (C=O) groups is 1. The highest BCUT2D eigenvalue weighted by molar-refractivity contribution is 7.07. The minimum atomic E-state index is 0.105. The Morgan fingerprint density at radius 2 is 2.18 bits per heavy atom. The summed E-state index contributed by atoms with van der Waals surface area (Å²) in [5.74, 6) is 0.105. The third-order valence-corrected chi connectivity index (χ3v) is 4.50. The Morgan fingerprint density at radius 3 is 2.71 bits per heavy atom. The van der Waals surface area contributed by atoms with Gasteiger partial charge >= 0.3 is 0 Å². The third kappa shape index (κ3) is 1.87. The van der Waals surface area contributed by atoms with E-state index in [2.05, 4.69) is 4.98 Å². The number of hydrogen-bond acceptors (Lipinski definition) is 4. The van der Waals surface area contributed by atoms with Gasteiger partial charge in [-0.05, 0) is 25.7 Å². The molecule has 3 atom stereocenters. The van der Waals surface area contributed by atoms with Crippen LogP contribution in [0.4, 0.5) is 0 Å². The summed E-state index contributed by atoms with van der Waals surface area (Å²) >= 11 is 1.48. The van der Waals surface area contributed by atoms with E-state index in [0.29, 0.717) is 23.9 Å². The maximum Gasteiger partial charge on any atom is 0.273 e. The van der Waals surface area contributed by atoms with Gasteiger partial charge in [-0.25, -0.2) is 4.98 Å². The molecule has 0 aliphatic carbocycles. The fourth-order valence-corrected chi connectivity index (χ4v) is 3.63. The van der Waals surface area contributed by atoms with Crippen LogP contribution in [-0.2, 0) is 4.74 Å². The van der Waals surface area contributed by atoms with Crippen molar-refractivity contribution in [1.82, 2.24) is 9.88 Å². The molecular weight excluding hydrogens is 236 g/mol. The molecule has 4 nitrogen and oxygen atoms in total. The fourth-order valence-electron chi connectivity index (χ4n) is 3.10. The molecule has 0 aromatic carbocycles. The molecule has 3 heterocycles. The molecule has 1 aromatic rings. The van der Waals surface area contributed by atoms with E-state index >= 15 is 0 Å². The first kappa shape index (κ1) is 11.2. The highest BCUT2D eigenvalue weighted by Crippen LogP contribution is 2.37. The van der Waals surface area contributed by atoms with Gasteiger partial charge in [0.25, 0.3) is 5.91 Å². The van der Waals surface area contributed by atoms with Crippen LogP contribution in [0.5, 0.6) is 0 Å². The van der Waals surface area contributed by atoms with Crippen molar-refractivity contribution in [3.8, 4) is 0 Å². The molecule has 2 aliphatic rings. The maximum absolute atomic E-state index is 12.3. The molecule has 0 N–H and O–H groups in total. The van der Waals surface area contributed by atoms with Gasteiger partial charge in [-0.3, -0.25) is 4.79 Å². The third-order valence-electron chi connectivity index (χ3n) is 3.91. The van der Waals surface area contributed by atoms with E-state index in [1.807, 2.05) is 10.3 Å². The summed E-state index contributed by atoms with van der Waals surface area (Å²) in [6, 6.07) is 0.709. The quantitative estimate of drug-likeness (QED) is 0.807. The number of rotatable bonds is 2. The van der Waals surface area contributed by atoms with Crippen molar-refractivity contribution in [2.24, 2.45) is 0 Å². The van der Waals surface area contributed by atoms with Crippen LogP contribution in [0, 0.1) is 0 Å². The summed E-state index contributed by atoms with van der Waals surface area (Å²) < 4.78 is 5.44. The zero-order chi connectivity index (χ0) is 11.8. The number of thiazole rings is 1. The zero-order valence-electron chi connectivity index (χ0n) is 9.83. The number of nitrogens with zero attached hydrogens (tertiary/aromatic N) is 2. The Bertz CT molecular complexity index is 393. The molecule has 1 aromatic heterocycles. The van der Waals surface area contributed by atoms with Gasteiger partial charge in [-0.1, -0.05) is 0 Å². The van der Waals surface area contributed by atoms with Crippen molar-refractivity contribution in [3.05, 3.63) is 16.6 Å². The molecule has 2 fully saturated rings. The second-order valence-electron chi connectivity index (χ2n) is 4.80. The summed E-state index contributed by atoms with van der Waals surface area (Å²) in [4.78, 5) is 18.5. The van der Waals surface area contributed by atoms with Crippen LogP contribution >= 0.6 is 11.3 Å². The highest BCUT2D eigenvalue weighted by atomic mass is 32.1. The minimum Gasteiger partial charge on any atom is -0.381 e. The van der Waals surface area contributed by atoms with Crippen molar-refractivity contribution in [1.29, 1.82) is 0 Å². The molecule has 1 unspecified atom stereocenters. The maximum atomic E-state index is 12.3. The van der Waals surface area contributed by atoms with E-state index in [1.165, 1.54) is 11.3 Å². The van der Waals surface area contributed by atoms with Crippen LogP contribution in [0.3, 0.4) is 0 Å². The summed E-state index contributed by atoms with van der Waals surface area (Å²) in [6.07, 6.45) is 4.50. The molecule has 2 saturated heterocycles. The van der Waals surface area contributed by atoms with Crippen molar-refractivity contribution < 1.29 is 9.53 Å². The second-order valence-corrected chi connectivity index (χ2v) is 5.52. The van der Waals surface area contributed by atoms with E-state index in [-0.39, 0.29) is 5.91 Å². The summed E-state index contributed by atoms with van der Waals surface area (Å²) in [7, 11) is 1.77. The first-order chi connectivity index (χ1) is 8.29.